The number of carboxylic acids is 1. The molecule has 3 N–H and O–H groups in total. The maximum absolute atomic E-state index is 10.9. The Morgan fingerprint density at radius 3 is 2.46 bits per heavy atom. The van der Waals surface area contributed by atoms with Crippen LogP contribution < -0.4 is 5.32 Å². The summed E-state index contributed by atoms with van der Waals surface area (Å²) in [4.78, 5) is 19.7. The molecule has 0 aliphatic carbocycles. The molecule has 0 spiro atoms. The molecule has 0 radical (unpaired) electrons. The number of aryl methyl sites for hydroxylation is 2. The van der Waals surface area contributed by atoms with Crippen LogP contribution in [0.4, 0.5) is 11.5 Å². The van der Waals surface area contributed by atoms with Gasteiger partial charge in [-0.3, -0.25) is 4.79 Å². The SMILES string of the molecule is Cc1ccc(-c2cc(Nc3cc(CC(=O)O)ccc3O)nc(C)n2)cc1. The molecule has 1 aromatic heterocycles. The second-order valence-electron chi connectivity index (χ2n) is 6.10. The first-order valence-electron chi connectivity index (χ1n) is 8.14. The first-order valence-corrected chi connectivity index (χ1v) is 8.14. The number of hydrogen-bond donors (Lipinski definition) is 3. The van der Waals surface area contributed by atoms with Crippen molar-refractivity contribution in [1.82, 2.24) is 9.97 Å². The molecule has 0 saturated heterocycles. The number of phenolic OH excluding ortho intramolecular Hbond substituents is 1. The zero-order chi connectivity index (χ0) is 18.7. The lowest BCUT2D eigenvalue weighted by Gasteiger charge is -2.11. The van der Waals surface area contributed by atoms with Crippen molar-refractivity contribution in [3.05, 3.63) is 65.5 Å². The van der Waals surface area contributed by atoms with E-state index < -0.39 is 5.97 Å². The Morgan fingerprint density at radius 2 is 1.77 bits per heavy atom. The van der Waals surface area contributed by atoms with Gasteiger partial charge in [-0.15, -0.1) is 0 Å². The number of aromatic hydroxyl groups is 1. The number of nitrogens with zero attached hydrogens (tertiary/aromatic N) is 2. The number of aromatic nitrogens is 2. The van der Waals surface area contributed by atoms with E-state index in [-0.39, 0.29) is 12.2 Å². The van der Waals surface area contributed by atoms with Gasteiger partial charge in [-0.1, -0.05) is 35.9 Å². The van der Waals surface area contributed by atoms with Crippen molar-refractivity contribution in [3.8, 4) is 17.0 Å². The average Bonchev–Trinajstić information content (AvgIpc) is 2.57. The summed E-state index contributed by atoms with van der Waals surface area (Å²) in [5.74, 6) is 0.205. The molecule has 0 aliphatic rings. The van der Waals surface area contributed by atoms with Crippen molar-refractivity contribution in [2.24, 2.45) is 0 Å². The molecule has 0 unspecified atom stereocenters. The van der Waals surface area contributed by atoms with Gasteiger partial charge in [-0.2, -0.15) is 0 Å². The fraction of sp³-hybridized carbons (Fsp3) is 0.150. The zero-order valence-corrected chi connectivity index (χ0v) is 14.5. The summed E-state index contributed by atoms with van der Waals surface area (Å²) >= 11 is 0. The maximum Gasteiger partial charge on any atom is 0.307 e. The minimum Gasteiger partial charge on any atom is -0.506 e. The van der Waals surface area contributed by atoms with E-state index >= 15 is 0 Å². The van der Waals surface area contributed by atoms with E-state index in [1.807, 2.05) is 31.2 Å². The number of nitrogens with one attached hydrogen (secondary N) is 1. The quantitative estimate of drug-likeness (QED) is 0.606. The highest BCUT2D eigenvalue weighted by molar-refractivity contribution is 5.73. The number of aliphatic carboxylic acids is 1. The summed E-state index contributed by atoms with van der Waals surface area (Å²) < 4.78 is 0. The number of benzene rings is 2. The zero-order valence-electron chi connectivity index (χ0n) is 14.5. The predicted molar refractivity (Wildman–Crippen MR) is 99.7 cm³/mol. The molecular formula is C20H19N3O3. The number of carbonyl (C=O) groups is 1. The van der Waals surface area contributed by atoms with Gasteiger partial charge in [0.2, 0.25) is 0 Å². The lowest BCUT2D eigenvalue weighted by atomic mass is 10.1. The minimum absolute atomic E-state index is 0.0206. The van der Waals surface area contributed by atoms with E-state index in [1.165, 1.54) is 6.07 Å². The van der Waals surface area contributed by atoms with Crippen LogP contribution in [0.25, 0.3) is 11.3 Å². The van der Waals surface area contributed by atoms with E-state index in [2.05, 4.69) is 15.3 Å². The van der Waals surface area contributed by atoms with E-state index in [1.54, 1.807) is 25.1 Å². The Balaban J connectivity index is 1.93. The molecule has 0 atom stereocenters. The molecule has 3 rings (SSSR count). The molecular weight excluding hydrogens is 330 g/mol. The Bertz CT molecular complexity index is 953. The van der Waals surface area contributed by atoms with E-state index in [0.29, 0.717) is 22.9 Å². The van der Waals surface area contributed by atoms with Gasteiger partial charge in [0.25, 0.3) is 0 Å². The highest BCUT2D eigenvalue weighted by atomic mass is 16.4. The lowest BCUT2D eigenvalue weighted by molar-refractivity contribution is -0.136. The van der Waals surface area contributed by atoms with Crippen LogP contribution in [0.15, 0.2) is 48.5 Å². The van der Waals surface area contributed by atoms with Crippen LogP contribution in [-0.4, -0.2) is 26.2 Å². The Hall–Kier alpha value is -3.41. The molecule has 0 saturated carbocycles. The minimum atomic E-state index is -0.929. The van der Waals surface area contributed by atoms with Gasteiger partial charge in [0.05, 0.1) is 17.8 Å². The third-order valence-corrected chi connectivity index (χ3v) is 3.86. The Morgan fingerprint density at radius 1 is 1.04 bits per heavy atom. The van der Waals surface area contributed by atoms with Crippen LogP contribution in [0, 0.1) is 13.8 Å². The number of anilines is 2. The van der Waals surface area contributed by atoms with E-state index in [4.69, 9.17) is 5.11 Å². The summed E-state index contributed by atoms with van der Waals surface area (Å²) in [6.07, 6.45) is -0.119. The number of phenols is 1. The van der Waals surface area contributed by atoms with Crippen LogP contribution in [0.5, 0.6) is 5.75 Å². The Kier molecular flexibility index (Phi) is 4.84. The third-order valence-electron chi connectivity index (χ3n) is 3.86. The molecule has 2 aromatic carbocycles. The molecule has 132 valence electrons. The van der Waals surface area contributed by atoms with Crippen LogP contribution in [0.2, 0.25) is 0 Å². The van der Waals surface area contributed by atoms with Crippen LogP contribution >= 0.6 is 0 Å². The molecule has 6 nitrogen and oxygen atoms in total. The summed E-state index contributed by atoms with van der Waals surface area (Å²) in [6.45, 7) is 3.82. The van der Waals surface area contributed by atoms with Crippen molar-refractivity contribution in [2.45, 2.75) is 20.3 Å². The number of rotatable bonds is 5. The fourth-order valence-electron chi connectivity index (χ4n) is 2.61. The summed E-state index contributed by atoms with van der Waals surface area (Å²) in [5.41, 5.74) is 3.88. The summed E-state index contributed by atoms with van der Waals surface area (Å²) in [5, 5.41) is 22.0. The predicted octanol–water partition coefficient (Wildman–Crippen LogP) is 3.84. The van der Waals surface area contributed by atoms with Gasteiger partial charge in [-0.05, 0) is 31.5 Å². The summed E-state index contributed by atoms with van der Waals surface area (Å²) in [7, 11) is 0. The second kappa shape index (κ2) is 7.23. The van der Waals surface area contributed by atoms with E-state index in [9.17, 15) is 9.90 Å². The number of carboxylic acid groups (broad SMARTS) is 1. The highest BCUT2D eigenvalue weighted by Gasteiger charge is 2.09. The monoisotopic (exact) mass is 349 g/mol. The summed E-state index contributed by atoms with van der Waals surface area (Å²) in [6, 6.07) is 14.5. The Labute approximate surface area is 151 Å². The van der Waals surface area contributed by atoms with Gasteiger partial charge in [-0.25, -0.2) is 9.97 Å². The lowest BCUT2D eigenvalue weighted by Crippen LogP contribution is -2.02. The van der Waals surface area contributed by atoms with Crippen molar-refractivity contribution in [1.29, 1.82) is 0 Å². The smallest absolute Gasteiger partial charge is 0.307 e. The van der Waals surface area contributed by atoms with Crippen molar-refractivity contribution in [3.63, 3.8) is 0 Å². The third kappa shape index (κ3) is 4.16. The largest absolute Gasteiger partial charge is 0.506 e. The molecule has 6 heteroatoms. The maximum atomic E-state index is 10.9. The first kappa shape index (κ1) is 17.4. The molecule has 0 aliphatic heterocycles. The van der Waals surface area contributed by atoms with Gasteiger partial charge < -0.3 is 15.5 Å². The van der Waals surface area contributed by atoms with Gasteiger partial charge in [0.15, 0.2) is 0 Å². The molecule has 0 amide bonds. The topological polar surface area (TPSA) is 95.3 Å². The molecule has 0 bridgehead atoms. The molecule has 0 fully saturated rings. The van der Waals surface area contributed by atoms with Crippen LogP contribution in [0.1, 0.15) is 17.0 Å². The molecule has 3 aromatic rings. The van der Waals surface area contributed by atoms with Crippen LogP contribution in [-0.2, 0) is 11.2 Å². The average molecular weight is 349 g/mol. The molecule has 26 heavy (non-hydrogen) atoms. The van der Waals surface area contributed by atoms with Crippen molar-refractivity contribution >= 4 is 17.5 Å². The standard InChI is InChI=1S/C20H19N3O3/c1-12-3-6-15(7-4-12)16-11-19(22-13(2)21-16)23-17-9-14(10-20(25)26)5-8-18(17)24/h3-9,11,24H,10H2,1-2H3,(H,25,26)(H,21,22,23). The first-order chi connectivity index (χ1) is 12.4. The normalized spacial score (nSPS) is 10.5. The van der Waals surface area contributed by atoms with E-state index in [0.717, 1.165) is 16.8 Å². The molecule has 1 heterocycles. The second-order valence-corrected chi connectivity index (χ2v) is 6.10. The van der Waals surface area contributed by atoms with Gasteiger partial charge in [0, 0.05) is 11.6 Å². The van der Waals surface area contributed by atoms with Gasteiger partial charge in [0.1, 0.15) is 17.4 Å². The van der Waals surface area contributed by atoms with Crippen LogP contribution in [0.3, 0.4) is 0 Å². The highest BCUT2D eigenvalue weighted by Crippen LogP contribution is 2.29. The van der Waals surface area contributed by atoms with Gasteiger partial charge >= 0.3 is 5.97 Å². The fourth-order valence-corrected chi connectivity index (χ4v) is 2.61. The number of hydrogen-bond acceptors (Lipinski definition) is 5. The van der Waals surface area contributed by atoms with Crippen molar-refractivity contribution < 1.29 is 15.0 Å². The van der Waals surface area contributed by atoms with Crippen molar-refractivity contribution in [2.75, 3.05) is 5.32 Å².